The summed E-state index contributed by atoms with van der Waals surface area (Å²) in [5.74, 6) is -5.17. The van der Waals surface area contributed by atoms with E-state index in [1.54, 1.807) is 24.3 Å². The Morgan fingerprint density at radius 1 is 0.609 bits per heavy atom. The van der Waals surface area contributed by atoms with Gasteiger partial charge in [-0.05, 0) is 35.4 Å². The summed E-state index contributed by atoms with van der Waals surface area (Å²) in [5, 5.41) is 49.2. The molecule has 46 heavy (non-hydrogen) atoms. The normalized spacial score (nSPS) is 14.7. The number of benzene rings is 1. The summed E-state index contributed by atoms with van der Waals surface area (Å²) < 4.78 is 61.9. The highest BCUT2D eigenvalue weighted by Gasteiger charge is 2.44. The van der Waals surface area contributed by atoms with E-state index in [0.29, 0.717) is 0 Å². The van der Waals surface area contributed by atoms with Crippen LogP contribution in [-0.4, -0.2) is 9.97 Å². The Labute approximate surface area is 255 Å². The van der Waals surface area contributed by atoms with Gasteiger partial charge in [0.1, 0.15) is 35.5 Å². The Balaban J connectivity index is 2.07. The number of rotatable bonds is 2. The highest BCUT2D eigenvalue weighted by molar-refractivity contribution is 6.29. The zero-order chi connectivity index (χ0) is 33.4. The van der Waals surface area contributed by atoms with Crippen LogP contribution < -0.4 is 0 Å². The summed E-state index contributed by atoms with van der Waals surface area (Å²) in [6.07, 6.45) is 0. The van der Waals surface area contributed by atoms with E-state index in [1.807, 2.05) is 0 Å². The largest absolute Gasteiger partial charge is 0.270 e. The minimum absolute atomic E-state index is 0.348. The third-order valence-electron chi connectivity index (χ3n) is 6.96. The molecule has 2 aliphatic rings. The van der Waals surface area contributed by atoms with Crippen LogP contribution in [0.4, 0.5) is 17.6 Å². The fourth-order valence-corrected chi connectivity index (χ4v) is 5.31. The SMILES string of the molecule is [C-]#[N+]C1=C(c2ccc(F)nc2C#N)/C(=C(/C#N)[N+]#[C-])c2c(F)c3c(c(F)c21)/C(=C(/C#N)[N+]#[C-])C(c1ccc(F)nc1C#N)=C3C#N. The first kappa shape index (κ1) is 29.6. The lowest BCUT2D eigenvalue weighted by Crippen LogP contribution is -2.05. The summed E-state index contributed by atoms with van der Waals surface area (Å²) in [6.45, 7) is 23.0. The predicted octanol–water partition coefficient (Wildman–Crippen LogP) is 6.33. The van der Waals surface area contributed by atoms with Gasteiger partial charge in [0.25, 0.3) is 11.4 Å². The van der Waals surface area contributed by atoms with Crippen molar-refractivity contribution in [3.63, 3.8) is 0 Å². The fourth-order valence-electron chi connectivity index (χ4n) is 5.31. The van der Waals surface area contributed by atoms with E-state index in [-0.39, 0.29) is 11.1 Å². The average Bonchev–Trinajstić information content (AvgIpc) is 3.59. The number of nitriles is 5. The molecule has 0 aliphatic heterocycles. The van der Waals surface area contributed by atoms with E-state index in [2.05, 4.69) is 24.5 Å². The molecule has 2 aromatic heterocycles. The summed E-state index contributed by atoms with van der Waals surface area (Å²) in [5.41, 5.74) is -10.9. The van der Waals surface area contributed by atoms with E-state index in [4.69, 9.17) is 19.7 Å². The highest BCUT2D eigenvalue weighted by Crippen LogP contribution is 2.58. The lowest BCUT2D eigenvalue weighted by Gasteiger charge is -2.15. The van der Waals surface area contributed by atoms with Gasteiger partial charge in [-0.25, -0.2) is 43.8 Å². The molecule has 0 N–H and O–H groups in total. The summed E-state index contributed by atoms with van der Waals surface area (Å²) in [4.78, 5) is 16.4. The summed E-state index contributed by atoms with van der Waals surface area (Å²) >= 11 is 0. The standard InChI is InChI=1S/C32H4F4N10/c1-42-18(11-40)25-22(13-4-6-20(33)45-16(13)9-38)15(8-37)23-27(25)31(36)29-28(30(23)35)26(19(12-41)43-2)24(32(29)44-3)14-5-7-21(34)46-17(14)10-39/h4-7H/b25-18-,26-19+. The van der Waals surface area contributed by atoms with Crippen LogP contribution in [0.5, 0.6) is 0 Å². The van der Waals surface area contributed by atoms with Crippen molar-refractivity contribution in [2.75, 3.05) is 0 Å². The van der Waals surface area contributed by atoms with Crippen molar-refractivity contribution >= 4 is 33.6 Å². The van der Waals surface area contributed by atoms with Gasteiger partial charge in [0, 0.05) is 44.5 Å². The maximum absolute atomic E-state index is 17.0. The van der Waals surface area contributed by atoms with Crippen molar-refractivity contribution in [1.29, 1.82) is 26.3 Å². The molecule has 3 aromatic rings. The van der Waals surface area contributed by atoms with E-state index < -0.39 is 102 Å². The van der Waals surface area contributed by atoms with Crippen LogP contribution in [0.1, 0.15) is 44.8 Å². The molecule has 210 valence electrons. The third kappa shape index (κ3) is 3.96. The zero-order valence-electron chi connectivity index (χ0n) is 22.3. The van der Waals surface area contributed by atoms with Crippen LogP contribution in [0.3, 0.4) is 0 Å². The van der Waals surface area contributed by atoms with Crippen molar-refractivity contribution in [2.45, 2.75) is 0 Å². The number of allylic oxidation sites excluding steroid dienone is 7. The van der Waals surface area contributed by atoms with Gasteiger partial charge in [-0.3, -0.25) is 0 Å². The molecule has 2 heterocycles. The molecule has 0 unspecified atom stereocenters. The van der Waals surface area contributed by atoms with Crippen LogP contribution >= 0.6 is 0 Å². The molecule has 0 fully saturated rings. The van der Waals surface area contributed by atoms with Gasteiger partial charge in [-0.1, -0.05) is 0 Å². The smallest absolute Gasteiger partial charge is 0.237 e. The van der Waals surface area contributed by atoms with Gasteiger partial charge in [0.2, 0.25) is 17.6 Å². The third-order valence-corrected chi connectivity index (χ3v) is 6.96. The number of hydrogen-bond donors (Lipinski definition) is 0. The Kier molecular flexibility index (Phi) is 7.13. The fraction of sp³-hybridized carbons (Fsp3) is 0. The first-order valence-electron chi connectivity index (χ1n) is 12.2. The lowest BCUT2D eigenvalue weighted by molar-refractivity contribution is 0.581. The molecule has 0 bridgehead atoms. The van der Waals surface area contributed by atoms with Gasteiger partial charge < -0.3 is 0 Å². The van der Waals surface area contributed by atoms with Crippen LogP contribution in [0, 0.1) is 99.9 Å². The number of aromatic nitrogens is 2. The highest BCUT2D eigenvalue weighted by atomic mass is 19.1. The molecule has 0 radical (unpaired) electrons. The average molecular weight is 604 g/mol. The summed E-state index contributed by atoms with van der Waals surface area (Å²) in [7, 11) is 0. The monoisotopic (exact) mass is 604 g/mol. The van der Waals surface area contributed by atoms with Crippen molar-refractivity contribution < 1.29 is 17.6 Å². The van der Waals surface area contributed by atoms with Crippen molar-refractivity contribution in [1.82, 2.24) is 9.97 Å². The molecule has 14 heteroatoms. The van der Waals surface area contributed by atoms with Crippen molar-refractivity contribution in [3.8, 4) is 30.3 Å². The second-order valence-corrected chi connectivity index (χ2v) is 9.00. The molecule has 0 saturated heterocycles. The Morgan fingerprint density at radius 3 is 1.50 bits per heavy atom. The molecule has 0 amide bonds. The molecular weight excluding hydrogens is 600 g/mol. The van der Waals surface area contributed by atoms with Crippen LogP contribution in [-0.2, 0) is 0 Å². The van der Waals surface area contributed by atoms with Gasteiger partial charge in [-0.15, -0.1) is 0 Å². The lowest BCUT2D eigenvalue weighted by atomic mass is 9.90. The molecule has 1 aromatic carbocycles. The van der Waals surface area contributed by atoms with E-state index >= 15 is 8.78 Å². The van der Waals surface area contributed by atoms with Gasteiger partial charge in [0.15, 0.2) is 5.69 Å². The maximum Gasteiger partial charge on any atom is 0.270 e. The molecule has 10 nitrogen and oxygen atoms in total. The van der Waals surface area contributed by atoms with Crippen molar-refractivity contribution in [3.05, 3.63) is 138 Å². The second kappa shape index (κ2) is 11.1. The minimum atomic E-state index is -1.47. The molecule has 0 atom stereocenters. The predicted molar refractivity (Wildman–Crippen MR) is 148 cm³/mol. The van der Waals surface area contributed by atoms with Gasteiger partial charge in [0.05, 0.1) is 37.4 Å². The van der Waals surface area contributed by atoms with Gasteiger partial charge >= 0.3 is 0 Å². The quantitative estimate of drug-likeness (QED) is 0.143. The molecule has 5 rings (SSSR count). The number of hydrogen-bond acceptors (Lipinski definition) is 7. The number of nitrogens with zero attached hydrogens (tertiary/aromatic N) is 10. The zero-order valence-corrected chi connectivity index (χ0v) is 22.3. The molecule has 0 saturated carbocycles. The summed E-state index contributed by atoms with van der Waals surface area (Å²) in [6, 6.07) is 11.5. The Hall–Kier alpha value is -7.88. The topological polar surface area (TPSA) is 158 Å². The van der Waals surface area contributed by atoms with Crippen molar-refractivity contribution in [2.24, 2.45) is 0 Å². The second-order valence-electron chi connectivity index (χ2n) is 9.00. The number of pyridine rings is 2. The minimum Gasteiger partial charge on any atom is -0.237 e. The number of fused-ring (bicyclic) bond motifs is 2. The first-order chi connectivity index (χ1) is 22.2. The van der Waals surface area contributed by atoms with E-state index in [0.717, 1.165) is 24.3 Å². The maximum atomic E-state index is 17.0. The Bertz CT molecular complexity index is 2290. The molecular formula is C32H4F4N10. The molecule has 0 spiro atoms. The van der Waals surface area contributed by atoms with Crippen LogP contribution in [0.25, 0.3) is 48.1 Å². The Morgan fingerprint density at radius 2 is 1.07 bits per heavy atom. The molecule has 2 aliphatic carbocycles. The van der Waals surface area contributed by atoms with E-state index in [9.17, 15) is 35.1 Å². The van der Waals surface area contributed by atoms with Gasteiger partial charge in [-0.2, -0.15) is 24.6 Å². The van der Waals surface area contributed by atoms with E-state index in [1.165, 1.54) is 6.07 Å². The van der Waals surface area contributed by atoms with Crippen LogP contribution in [0.2, 0.25) is 0 Å². The van der Waals surface area contributed by atoms with Crippen LogP contribution in [0.15, 0.2) is 35.7 Å². The first-order valence-corrected chi connectivity index (χ1v) is 12.2. The number of halogens is 4.